The van der Waals surface area contributed by atoms with Crippen molar-refractivity contribution in [1.82, 2.24) is 10.3 Å². The van der Waals surface area contributed by atoms with E-state index in [4.69, 9.17) is 0 Å². The molecule has 0 spiro atoms. The number of halogens is 5. The number of carbonyl (C=O) groups excluding carboxylic acids is 1. The average Bonchev–Trinajstić information content (AvgIpc) is 2.85. The van der Waals surface area contributed by atoms with Gasteiger partial charge >= 0.3 is 6.18 Å². The summed E-state index contributed by atoms with van der Waals surface area (Å²) >= 11 is -2.89. The first kappa shape index (κ1) is 28.9. The Bertz CT molecular complexity index is 1330. The van der Waals surface area contributed by atoms with Crippen molar-refractivity contribution in [2.45, 2.75) is 32.0 Å². The topological polar surface area (TPSA) is 85.4 Å². The number of nitrogens with one attached hydrogen (secondary N) is 1. The average molecular weight is 553 g/mol. The molecule has 0 saturated carbocycles. The lowest BCUT2D eigenvalue weighted by Crippen LogP contribution is -2.26. The van der Waals surface area contributed by atoms with Crippen LogP contribution in [0, 0.1) is 11.6 Å². The number of alkyl halides is 3. The van der Waals surface area contributed by atoms with E-state index in [9.17, 15) is 35.5 Å². The second-order valence-corrected chi connectivity index (χ2v) is 9.31. The highest BCUT2D eigenvalue weighted by atomic mass is 32.2. The first-order valence-electron chi connectivity index (χ1n) is 11.3. The molecule has 3 aromatic rings. The van der Waals surface area contributed by atoms with Gasteiger partial charge in [0.05, 0.1) is 6.04 Å². The van der Waals surface area contributed by atoms with Crippen LogP contribution >= 0.6 is 0 Å². The summed E-state index contributed by atoms with van der Waals surface area (Å²) in [5.41, 5.74) is -0.401. The Morgan fingerprint density at radius 2 is 1.74 bits per heavy atom. The monoisotopic (exact) mass is 552 g/mol. The Labute approximate surface area is 218 Å². The van der Waals surface area contributed by atoms with Crippen molar-refractivity contribution < 1.29 is 35.5 Å². The zero-order chi connectivity index (χ0) is 28.0. The van der Waals surface area contributed by atoms with Crippen LogP contribution in [-0.4, -0.2) is 26.7 Å². The number of benzene rings is 2. The van der Waals surface area contributed by atoms with E-state index in [0.717, 1.165) is 36.9 Å². The Hall–Kier alpha value is -3.64. The first-order chi connectivity index (χ1) is 17.9. The molecule has 1 amide bonds. The van der Waals surface area contributed by atoms with Crippen LogP contribution in [0.2, 0.25) is 0 Å². The number of carbonyl (C=O) groups is 1. The van der Waals surface area contributed by atoms with Gasteiger partial charge in [0.2, 0.25) is 5.91 Å². The zero-order valence-corrected chi connectivity index (χ0v) is 21.1. The molecule has 0 bridgehead atoms. The highest BCUT2D eigenvalue weighted by molar-refractivity contribution is 7.80. The number of pyridine rings is 1. The van der Waals surface area contributed by atoms with E-state index in [1.165, 1.54) is 19.1 Å². The summed E-state index contributed by atoms with van der Waals surface area (Å²) in [4.78, 5) is 16.2. The number of amides is 1. The SMILES string of the molecule is CC(NC(=O)C=Cc1ccc(C(F)(F)F)nc1CCc1ccccc1)c1cc(F)c(N(C)S(=O)[O-])c(F)c1. The molecular formula is C26H23F5N3O3S-. The summed E-state index contributed by atoms with van der Waals surface area (Å²) in [6, 6.07) is 12.1. The Balaban J connectivity index is 1.77. The van der Waals surface area contributed by atoms with Crippen LogP contribution in [0.3, 0.4) is 0 Å². The molecule has 0 aliphatic rings. The summed E-state index contributed by atoms with van der Waals surface area (Å²) in [5.74, 6) is -2.95. The van der Waals surface area contributed by atoms with Crippen molar-refractivity contribution in [2.75, 3.05) is 11.4 Å². The van der Waals surface area contributed by atoms with Crippen molar-refractivity contribution in [1.29, 1.82) is 0 Å². The molecule has 1 N–H and O–H groups in total. The van der Waals surface area contributed by atoms with Crippen molar-refractivity contribution in [3.63, 3.8) is 0 Å². The molecule has 1 heterocycles. The molecule has 3 rings (SSSR count). The third kappa shape index (κ3) is 7.45. The summed E-state index contributed by atoms with van der Waals surface area (Å²) < 4.78 is 90.9. The summed E-state index contributed by atoms with van der Waals surface area (Å²) in [7, 11) is 0.977. The van der Waals surface area contributed by atoms with E-state index in [1.807, 2.05) is 30.3 Å². The van der Waals surface area contributed by atoms with Gasteiger partial charge in [-0.05, 0) is 60.7 Å². The third-order valence-corrected chi connectivity index (χ3v) is 6.27. The van der Waals surface area contributed by atoms with E-state index in [-0.39, 0.29) is 17.7 Å². The minimum Gasteiger partial charge on any atom is -0.755 e. The molecule has 0 aliphatic heterocycles. The fraction of sp³-hybridized carbons (Fsp3) is 0.231. The first-order valence-corrected chi connectivity index (χ1v) is 12.3. The van der Waals surface area contributed by atoms with Crippen molar-refractivity contribution in [3.8, 4) is 0 Å². The summed E-state index contributed by atoms with van der Waals surface area (Å²) in [6.07, 6.45) is -1.60. The van der Waals surface area contributed by atoms with Crippen molar-refractivity contribution >= 4 is 28.9 Å². The van der Waals surface area contributed by atoms with E-state index in [0.29, 0.717) is 16.3 Å². The van der Waals surface area contributed by atoms with E-state index >= 15 is 0 Å². The fourth-order valence-electron chi connectivity index (χ4n) is 3.65. The number of hydrogen-bond acceptors (Lipinski definition) is 4. The van der Waals surface area contributed by atoms with Crippen LogP contribution in [0.25, 0.3) is 6.08 Å². The van der Waals surface area contributed by atoms with Crippen LogP contribution in [0.4, 0.5) is 27.6 Å². The van der Waals surface area contributed by atoms with Crippen LogP contribution in [0.1, 0.15) is 41.0 Å². The minimum absolute atomic E-state index is 0.0373. The summed E-state index contributed by atoms with van der Waals surface area (Å²) in [6.45, 7) is 1.46. The van der Waals surface area contributed by atoms with Gasteiger partial charge in [0.25, 0.3) is 0 Å². The maximum atomic E-state index is 14.4. The number of nitrogens with zero attached hydrogens (tertiary/aromatic N) is 2. The lowest BCUT2D eigenvalue weighted by molar-refractivity contribution is -0.141. The van der Waals surface area contributed by atoms with Gasteiger partial charge in [0.15, 0.2) is 11.6 Å². The molecular weight excluding hydrogens is 529 g/mol. The third-order valence-electron chi connectivity index (χ3n) is 5.64. The molecule has 2 unspecified atom stereocenters. The van der Waals surface area contributed by atoms with E-state index in [1.54, 1.807) is 0 Å². The largest absolute Gasteiger partial charge is 0.755 e. The van der Waals surface area contributed by atoms with E-state index < -0.39 is 52.4 Å². The molecule has 12 heteroatoms. The molecule has 38 heavy (non-hydrogen) atoms. The van der Waals surface area contributed by atoms with Gasteiger partial charge in [-0.15, -0.1) is 0 Å². The van der Waals surface area contributed by atoms with Crippen LogP contribution in [0.15, 0.2) is 60.7 Å². The highest BCUT2D eigenvalue weighted by Gasteiger charge is 2.32. The van der Waals surface area contributed by atoms with Gasteiger partial charge in [-0.25, -0.2) is 13.8 Å². The number of anilines is 1. The zero-order valence-electron chi connectivity index (χ0n) is 20.3. The number of aryl methyl sites for hydroxylation is 2. The molecule has 6 nitrogen and oxygen atoms in total. The molecule has 0 fully saturated rings. The standard InChI is InChI=1S/C26H24F5N3O3S/c1-16(19-14-20(27)25(21(28)15-19)34(2)38(36)37)32-24(35)13-10-18-9-12-23(26(29,30)31)33-22(18)11-8-17-6-4-3-5-7-17/h3-7,9-10,12-16H,8,11H2,1-2H3,(H,32,35)(H,36,37)/p-1. The molecule has 0 saturated heterocycles. The molecule has 2 atom stereocenters. The number of rotatable bonds is 9. The van der Waals surface area contributed by atoms with Gasteiger partial charge < -0.3 is 14.2 Å². The van der Waals surface area contributed by atoms with Gasteiger partial charge in [-0.3, -0.25) is 9.00 Å². The molecule has 202 valence electrons. The normalized spacial score (nSPS) is 13.4. The maximum Gasteiger partial charge on any atom is 0.433 e. The second-order valence-electron chi connectivity index (χ2n) is 8.33. The van der Waals surface area contributed by atoms with Gasteiger partial charge in [-0.1, -0.05) is 36.4 Å². The lowest BCUT2D eigenvalue weighted by Gasteiger charge is -2.23. The highest BCUT2D eigenvalue weighted by Crippen LogP contribution is 2.29. The molecule has 1 aromatic heterocycles. The minimum atomic E-state index is -4.63. The van der Waals surface area contributed by atoms with E-state index in [2.05, 4.69) is 10.3 Å². The quantitative estimate of drug-likeness (QED) is 0.222. The molecule has 0 aliphatic carbocycles. The van der Waals surface area contributed by atoms with Crippen molar-refractivity contribution in [2.24, 2.45) is 0 Å². The molecule has 0 radical (unpaired) electrons. The smallest absolute Gasteiger partial charge is 0.433 e. The molecule has 2 aromatic carbocycles. The lowest BCUT2D eigenvalue weighted by atomic mass is 10.0. The van der Waals surface area contributed by atoms with Crippen LogP contribution < -0.4 is 9.62 Å². The predicted molar refractivity (Wildman–Crippen MR) is 132 cm³/mol. The second kappa shape index (κ2) is 12.3. The van der Waals surface area contributed by atoms with Gasteiger partial charge in [-0.2, -0.15) is 13.2 Å². The van der Waals surface area contributed by atoms with Crippen LogP contribution in [-0.2, 0) is 35.1 Å². The summed E-state index contributed by atoms with van der Waals surface area (Å²) in [5, 5.41) is 2.51. The number of aromatic nitrogens is 1. The maximum absolute atomic E-state index is 14.4. The van der Waals surface area contributed by atoms with Gasteiger partial charge in [0.1, 0.15) is 11.4 Å². The predicted octanol–water partition coefficient (Wildman–Crippen LogP) is 5.28. The van der Waals surface area contributed by atoms with Gasteiger partial charge in [0, 0.05) is 30.1 Å². The van der Waals surface area contributed by atoms with Crippen molar-refractivity contribution in [3.05, 3.63) is 100 Å². The Morgan fingerprint density at radius 1 is 1.11 bits per heavy atom. The Morgan fingerprint density at radius 3 is 2.32 bits per heavy atom. The number of hydrogen-bond donors (Lipinski definition) is 1. The van der Waals surface area contributed by atoms with Crippen LogP contribution in [0.5, 0.6) is 0 Å². The fourth-order valence-corrected chi connectivity index (χ4v) is 3.97. The Kier molecular flexibility index (Phi) is 9.34.